The van der Waals surface area contributed by atoms with E-state index in [0.29, 0.717) is 11.5 Å². The van der Waals surface area contributed by atoms with Crippen LogP contribution in [0, 0.1) is 5.92 Å². The van der Waals surface area contributed by atoms with Crippen LogP contribution in [0.25, 0.3) is 11.0 Å². The Morgan fingerprint density at radius 1 is 1.09 bits per heavy atom. The molecule has 1 amide bonds. The molecule has 1 saturated carbocycles. The Kier molecular flexibility index (Phi) is 7.17. The number of hydrogen-bond acceptors (Lipinski definition) is 5. The molecule has 1 heterocycles. The van der Waals surface area contributed by atoms with E-state index in [0.717, 1.165) is 41.0 Å². The van der Waals surface area contributed by atoms with Gasteiger partial charge in [-0.25, -0.2) is 0 Å². The van der Waals surface area contributed by atoms with Gasteiger partial charge < -0.3 is 24.9 Å². The van der Waals surface area contributed by atoms with Crippen LogP contribution < -0.4 is 15.4 Å². The van der Waals surface area contributed by atoms with E-state index in [2.05, 4.69) is 16.7 Å². The van der Waals surface area contributed by atoms with Crippen molar-refractivity contribution in [2.75, 3.05) is 19.0 Å². The van der Waals surface area contributed by atoms with Gasteiger partial charge in [-0.05, 0) is 61.2 Å². The van der Waals surface area contributed by atoms with E-state index in [-0.39, 0.29) is 24.9 Å². The molecule has 174 valence electrons. The predicted molar refractivity (Wildman–Crippen MR) is 127 cm³/mol. The van der Waals surface area contributed by atoms with Gasteiger partial charge in [0.25, 0.3) is 5.91 Å². The van der Waals surface area contributed by atoms with E-state index in [1.165, 1.54) is 19.3 Å². The number of carboxylic acid groups (broad SMARTS) is 1. The second-order valence-electron chi connectivity index (χ2n) is 8.55. The van der Waals surface area contributed by atoms with E-state index in [1.54, 1.807) is 19.2 Å². The first-order chi connectivity index (χ1) is 16.0. The maximum atomic E-state index is 12.2. The number of ether oxygens (including phenoxy) is 1. The van der Waals surface area contributed by atoms with Crippen LogP contribution in [0.5, 0.6) is 5.75 Å². The van der Waals surface area contributed by atoms with Gasteiger partial charge in [0, 0.05) is 29.2 Å². The van der Waals surface area contributed by atoms with E-state index < -0.39 is 5.97 Å². The van der Waals surface area contributed by atoms with Crippen LogP contribution >= 0.6 is 0 Å². The molecule has 1 aliphatic rings. The van der Waals surface area contributed by atoms with Crippen molar-refractivity contribution >= 4 is 28.5 Å². The highest BCUT2D eigenvalue weighted by Crippen LogP contribution is 2.39. The van der Waals surface area contributed by atoms with Gasteiger partial charge in [-0.15, -0.1) is 0 Å². The monoisotopic (exact) mass is 450 g/mol. The SMILES string of the molecule is COc1ccc2cc(C(Nc3ccc(C(=O)NCCC(=O)O)cc3)C3CCCCC3)oc2c1. The lowest BCUT2D eigenvalue weighted by molar-refractivity contribution is -0.136. The Bertz CT molecular complexity index is 1100. The highest BCUT2D eigenvalue weighted by Gasteiger charge is 2.28. The molecular formula is C26H30N2O5. The Hall–Kier alpha value is -3.48. The van der Waals surface area contributed by atoms with Crippen molar-refractivity contribution in [3.05, 3.63) is 59.9 Å². The Labute approximate surface area is 193 Å². The zero-order chi connectivity index (χ0) is 23.2. The maximum Gasteiger partial charge on any atom is 0.305 e. The average Bonchev–Trinajstić information content (AvgIpc) is 3.26. The zero-order valence-corrected chi connectivity index (χ0v) is 18.8. The molecule has 1 fully saturated rings. The summed E-state index contributed by atoms with van der Waals surface area (Å²) in [4.78, 5) is 22.9. The third-order valence-corrected chi connectivity index (χ3v) is 6.27. The molecule has 0 aliphatic heterocycles. The van der Waals surface area contributed by atoms with E-state index in [4.69, 9.17) is 14.3 Å². The minimum Gasteiger partial charge on any atom is -0.497 e. The van der Waals surface area contributed by atoms with Crippen molar-refractivity contribution in [1.82, 2.24) is 5.32 Å². The summed E-state index contributed by atoms with van der Waals surface area (Å²) in [6.45, 7) is 0.106. The van der Waals surface area contributed by atoms with Crippen molar-refractivity contribution in [3.63, 3.8) is 0 Å². The topological polar surface area (TPSA) is 101 Å². The summed E-state index contributed by atoms with van der Waals surface area (Å²) in [6.07, 6.45) is 5.88. The summed E-state index contributed by atoms with van der Waals surface area (Å²) in [5.41, 5.74) is 2.21. The van der Waals surface area contributed by atoms with Crippen LogP contribution in [0.3, 0.4) is 0 Å². The van der Waals surface area contributed by atoms with Crippen LogP contribution in [0.1, 0.15) is 60.7 Å². The summed E-state index contributed by atoms with van der Waals surface area (Å²) in [6, 6.07) is 15.3. The molecule has 1 unspecified atom stereocenters. The van der Waals surface area contributed by atoms with Crippen LogP contribution in [0.15, 0.2) is 52.9 Å². The predicted octanol–water partition coefficient (Wildman–Crippen LogP) is 5.38. The van der Waals surface area contributed by atoms with E-state index in [9.17, 15) is 9.59 Å². The number of carbonyl (C=O) groups is 2. The molecule has 3 aromatic rings. The van der Waals surface area contributed by atoms with E-state index in [1.807, 2.05) is 30.3 Å². The summed E-state index contributed by atoms with van der Waals surface area (Å²) in [5.74, 6) is 0.911. The molecule has 0 radical (unpaired) electrons. The van der Waals surface area contributed by atoms with Crippen LogP contribution in [0.2, 0.25) is 0 Å². The van der Waals surface area contributed by atoms with Crippen molar-refractivity contribution in [2.24, 2.45) is 5.92 Å². The molecule has 1 atom stereocenters. The van der Waals surface area contributed by atoms with Gasteiger partial charge in [-0.1, -0.05) is 19.3 Å². The van der Waals surface area contributed by atoms with Gasteiger partial charge in [0.15, 0.2) is 0 Å². The number of methoxy groups -OCH3 is 1. The second kappa shape index (κ2) is 10.4. The van der Waals surface area contributed by atoms with Gasteiger partial charge in [0.05, 0.1) is 19.6 Å². The maximum absolute atomic E-state index is 12.2. The number of anilines is 1. The fourth-order valence-corrected chi connectivity index (χ4v) is 4.48. The first kappa shape index (κ1) is 22.7. The average molecular weight is 451 g/mol. The molecule has 7 nitrogen and oxygen atoms in total. The molecule has 0 bridgehead atoms. The molecule has 0 spiro atoms. The lowest BCUT2D eigenvalue weighted by atomic mass is 9.82. The van der Waals surface area contributed by atoms with E-state index >= 15 is 0 Å². The molecule has 4 rings (SSSR count). The van der Waals surface area contributed by atoms with Crippen LogP contribution in [0.4, 0.5) is 5.69 Å². The number of fused-ring (bicyclic) bond motifs is 1. The Balaban J connectivity index is 1.52. The van der Waals surface area contributed by atoms with Crippen molar-refractivity contribution in [1.29, 1.82) is 0 Å². The minimum absolute atomic E-state index is 0.0268. The van der Waals surface area contributed by atoms with Gasteiger partial charge in [-0.2, -0.15) is 0 Å². The largest absolute Gasteiger partial charge is 0.497 e. The number of nitrogens with one attached hydrogen (secondary N) is 2. The molecule has 1 aliphatic carbocycles. The standard InChI is InChI=1S/C26H30N2O5/c1-32-21-12-9-19-15-23(33-22(19)16-21)25(17-5-3-2-4-6-17)28-20-10-7-18(8-11-20)26(31)27-14-13-24(29)30/h7-12,15-17,25,28H,2-6,13-14H2,1H3,(H,27,31)(H,29,30). The third kappa shape index (κ3) is 5.66. The highest BCUT2D eigenvalue weighted by molar-refractivity contribution is 5.94. The number of carboxylic acids is 1. The van der Waals surface area contributed by atoms with Gasteiger partial charge >= 0.3 is 5.97 Å². The highest BCUT2D eigenvalue weighted by atomic mass is 16.5. The fourth-order valence-electron chi connectivity index (χ4n) is 4.48. The van der Waals surface area contributed by atoms with Crippen molar-refractivity contribution in [2.45, 2.75) is 44.6 Å². The smallest absolute Gasteiger partial charge is 0.305 e. The van der Waals surface area contributed by atoms with Gasteiger partial charge in [0.1, 0.15) is 17.1 Å². The third-order valence-electron chi connectivity index (χ3n) is 6.27. The summed E-state index contributed by atoms with van der Waals surface area (Å²) < 4.78 is 11.6. The number of carbonyl (C=O) groups excluding carboxylic acids is 1. The molecule has 1 aromatic heterocycles. The normalized spacial score (nSPS) is 15.2. The summed E-state index contributed by atoms with van der Waals surface area (Å²) >= 11 is 0. The van der Waals surface area contributed by atoms with Crippen LogP contribution in [-0.4, -0.2) is 30.6 Å². The number of furan rings is 1. The number of hydrogen-bond donors (Lipinski definition) is 3. The van der Waals surface area contributed by atoms with Crippen LogP contribution in [-0.2, 0) is 4.79 Å². The number of rotatable bonds is 9. The number of benzene rings is 2. The van der Waals surface area contributed by atoms with Crippen molar-refractivity contribution in [3.8, 4) is 5.75 Å². The molecule has 3 N–H and O–H groups in total. The number of amides is 1. The number of aliphatic carboxylic acids is 1. The lowest BCUT2D eigenvalue weighted by Gasteiger charge is -2.30. The summed E-state index contributed by atoms with van der Waals surface area (Å²) in [5, 5.41) is 16.0. The Morgan fingerprint density at radius 2 is 1.85 bits per heavy atom. The quantitative estimate of drug-likeness (QED) is 0.405. The first-order valence-electron chi connectivity index (χ1n) is 11.5. The van der Waals surface area contributed by atoms with Gasteiger partial charge in [-0.3, -0.25) is 9.59 Å². The zero-order valence-electron chi connectivity index (χ0n) is 18.8. The lowest BCUT2D eigenvalue weighted by Crippen LogP contribution is -2.26. The molecule has 7 heteroatoms. The Morgan fingerprint density at radius 3 is 2.55 bits per heavy atom. The van der Waals surface area contributed by atoms with Gasteiger partial charge in [0.2, 0.25) is 0 Å². The molecular weight excluding hydrogens is 420 g/mol. The fraction of sp³-hybridized carbons (Fsp3) is 0.385. The molecule has 33 heavy (non-hydrogen) atoms. The summed E-state index contributed by atoms with van der Waals surface area (Å²) in [7, 11) is 1.65. The molecule has 0 saturated heterocycles. The minimum atomic E-state index is -0.937. The molecule has 2 aromatic carbocycles. The second-order valence-corrected chi connectivity index (χ2v) is 8.55. The van der Waals surface area contributed by atoms with Crippen molar-refractivity contribution < 1.29 is 23.8 Å². The first-order valence-corrected chi connectivity index (χ1v) is 11.5.